The molecular weight excluding hydrogens is 296 g/mol. The first kappa shape index (κ1) is 17.5. The molecule has 2 rings (SSSR count). The van der Waals surface area contributed by atoms with Gasteiger partial charge in [0.15, 0.2) is 0 Å². The number of benzene rings is 1. The van der Waals surface area contributed by atoms with Crippen LogP contribution in [-0.2, 0) is 0 Å². The first-order valence-electron chi connectivity index (χ1n) is 7.93. The predicted molar refractivity (Wildman–Crippen MR) is 93.4 cm³/mol. The number of rotatable bonds is 3. The molecule has 0 saturated heterocycles. The van der Waals surface area contributed by atoms with E-state index in [0.717, 1.165) is 25.7 Å². The molecule has 0 bridgehead atoms. The molecule has 3 unspecified atom stereocenters. The van der Waals surface area contributed by atoms with Crippen LogP contribution in [0.15, 0.2) is 24.3 Å². The van der Waals surface area contributed by atoms with Crippen molar-refractivity contribution in [3.05, 3.63) is 29.8 Å². The van der Waals surface area contributed by atoms with Crippen LogP contribution in [0.5, 0.6) is 0 Å². The molecule has 3 atom stereocenters. The minimum atomic E-state index is -1.42. The highest BCUT2D eigenvalue weighted by atomic mass is 31.0. The molecule has 1 amide bonds. The van der Waals surface area contributed by atoms with Crippen LogP contribution in [0.25, 0.3) is 0 Å². The van der Waals surface area contributed by atoms with Gasteiger partial charge in [-0.3, -0.25) is 4.79 Å². The van der Waals surface area contributed by atoms with E-state index >= 15 is 0 Å². The Balaban J connectivity index is 2.17. The summed E-state index contributed by atoms with van der Waals surface area (Å²) in [6.45, 7) is 2.12. The molecule has 0 heterocycles. The van der Waals surface area contributed by atoms with E-state index in [2.05, 4.69) is 21.5 Å². The van der Waals surface area contributed by atoms with Gasteiger partial charge in [0.2, 0.25) is 5.65 Å². The molecule has 1 aliphatic carbocycles. The van der Waals surface area contributed by atoms with Crippen LogP contribution in [0.2, 0.25) is 0 Å². The zero-order valence-corrected chi connectivity index (χ0v) is 14.2. The molecule has 1 aromatic rings. The third-order valence-electron chi connectivity index (χ3n) is 4.61. The summed E-state index contributed by atoms with van der Waals surface area (Å²) in [4.78, 5) is 11.5. The first-order valence-corrected chi connectivity index (χ1v) is 8.51. The van der Waals surface area contributed by atoms with Gasteiger partial charge in [-0.25, -0.2) is 0 Å². The molecule has 0 radical (unpaired) electrons. The Kier molecular flexibility index (Phi) is 6.02. The lowest BCUT2D eigenvalue weighted by Crippen LogP contribution is -2.45. The molecule has 120 valence electrons. The minimum Gasteiger partial charge on any atom is -0.423 e. The van der Waals surface area contributed by atoms with Gasteiger partial charge in [-0.15, -0.1) is 0 Å². The summed E-state index contributed by atoms with van der Waals surface area (Å²) in [5.41, 5.74) is 1.48. The zero-order chi connectivity index (χ0) is 16.2. The smallest absolute Gasteiger partial charge is 0.423 e. The Morgan fingerprint density at radius 2 is 1.95 bits per heavy atom. The largest absolute Gasteiger partial charge is 0.488 e. The number of carbonyl (C=O) groups excluding carboxylic acids is 1. The monoisotopic (exact) mass is 321 g/mol. The van der Waals surface area contributed by atoms with Crippen molar-refractivity contribution in [1.82, 2.24) is 5.32 Å². The van der Waals surface area contributed by atoms with Gasteiger partial charge >= 0.3 is 7.12 Å². The number of hydrogen-bond acceptors (Lipinski definition) is 3. The quantitative estimate of drug-likeness (QED) is 0.590. The van der Waals surface area contributed by atoms with Crippen molar-refractivity contribution in [2.75, 3.05) is 0 Å². The Morgan fingerprint density at radius 3 is 2.55 bits per heavy atom. The van der Waals surface area contributed by atoms with Gasteiger partial charge in [-0.1, -0.05) is 43.5 Å². The SMILES string of the molecule is CC1(NC(=O)P)CCCCCC(c2ccc(B(O)O)cc2)C1. The van der Waals surface area contributed by atoms with E-state index in [9.17, 15) is 14.8 Å². The van der Waals surface area contributed by atoms with Crippen LogP contribution in [0.3, 0.4) is 0 Å². The summed E-state index contributed by atoms with van der Waals surface area (Å²) in [6, 6.07) is 7.49. The fourth-order valence-corrected chi connectivity index (χ4v) is 3.81. The third-order valence-corrected chi connectivity index (χ3v) is 4.75. The number of nitrogens with one attached hydrogen (secondary N) is 1. The molecule has 3 N–H and O–H groups in total. The molecule has 1 aromatic carbocycles. The minimum absolute atomic E-state index is 0.0550. The van der Waals surface area contributed by atoms with Crippen molar-refractivity contribution >= 4 is 27.5 Å². The van der Waals surface area contributed by atoms with Gasteiger partial charge in [0.1, 0.15) is 0 Å². The van der Waals surface area contributed by atoms with E-state index in [1.807, 2.05) is 12.1 Å². The molecule has 4 nitrogen and oxygen atoms in total. The summed E-state index contributed by atoms with van der Waals surface area (Å²) in [6.07, 6.45) is 6.53. The average molecular weight is 321 g/mol. The predicted octanol–water partition coefficient (Wildman–Crippen LogP) is 2.15. The molecule has 1 saturated carbocycles. The second-order valence-electron chi connectivity index (χ2n) is 6.59. The number of amides is 1. The first-order chi connectivity index (χ1) is 10.4. The molecule has 1 aliphatic rings. The Hall–Kier alpha value is -0.895. The highest BCUT2D eigenvalue weighted by molar-refractivity contribution is 7.39. The van der Waals surface area contributed by atoms with Crippen LogP contribution in [0.1, 0.15) is 56.9 Å². The van der Waals surface area contributed by atoms with Gasteiger partial charge in [-0.2, -0.15) is 0 Å². The van der Waals surface area contributed by atoms with Gasteiger partial charge in [0, 0.05) is 5.54 Å². The highest BCUT2D eigenvalue weighted by Gasteiger charge is 2.30. The van der Waals surface area contributed by atoms with Crippen molar-refractivity contribution in [2.24, 2.45) is 0 Å². The zero-order valence-electron chi connectivity index (χ0n) is 13.1. The maximum absolute atomic E-state index is 11.5. The lowest BCUT2D eigenvalue weighted by atomic mass is 9.75. The second kappa shape index (κ2) is 7.58. The van der Waals surface area contributed by atoms with E-state index in [0.29, 0.717) is 11.4 Å². The molecule has 0 aromatic heterocycles. The normalized spacial score (nSPS) is 25.9. The van der Waals surface area contributed by atoms with E-state index in [1.165, 1.54) is 18.4 Å². The number of hydrogen-bond donors (Lipinski definition) is 3. The van der Waals surface area contributed by atoms with Crippen molar-refractivity contribution in [3.63, 3.8) is 0 Å². The van der Waals surface area contributed by atoms with Crippen LogP contribution in [0.4, 0.5) is 4.79 Å². The fraction of sp³-hybridized carbons (Fsp3) is 0.562. The fourth-order valence-electron chi connectivity index (χ4n) is 3.47. The van der Waals surface area contributed by atoms with Gasteiger partial charge in [-0.05, 0) is 52.4 Å². The van der Waals surface area contributed by atoms with Crippen molar-refractivity contribution in [1.29, 1.82) is 0 Å². The standard InChI is InChI=1S/C16H25BNO3P/c1-16(18-15(19)22)10-4-2-3-5-13(11-16)12-6-8-14(9-7-12)17(20)21/h6-9,13,20-21H,2-5,10-11,22H2,1H3,(H,18,19). The molecule has 22 heavy (non-hydrogen) atoms. The Bertz CT molecular complexity index is 509. The summed E-state index contributed by atoms with van der Waals surface area (Å²) in [5.74, 6) is 0.382. The molecule has 1 fully saturated rings. The maximum Gasteiger partial charge on any atom is 0.488 e. The van der Waals surface area contributed by atoms with Crippen molar-refractivity contribution in [3.8, 4) is 0 Å². The van der Waals surface area contributed by atoms with Crippen LogP contribution < -0.4 is 10.8 Å². The molecule has 0 aliphatic heterocycles. The highest BCUT2D eigenvalue weighted by Crippen LogP contribution is 2.36. The van der Waals surface area contributed by atoms with E-state index in [1.54, 1.807) is 12.1 Å². The van der Waals surface area contributed by atoms with E-state index in [4.69, 9.17) is 0 Å². The third kappa shape index (κ3) is 4.80. The summed E-state index contributed by atoms with van der Waals surface area (Å²) < 4.78 is 0. The van der Waals surface area contributed by atoms with Gasteiger partial charge in [0.25, 0.3) is 0 Å². The molecule has 6 heteroatoms. The van der Waals surface area contributed by atoms with Crippen LogP contribution in [0, 0.1) is 0 Å². The number of carbonyl (C=O) groups is 1. The van der Waals surface area contributed by atoms with E-state index in [-0.39, 0.29) is 11.2 Å². The van der Waals surface area contributed by atoms with Crippen molar-refractivity contribution < 1.29 is 14.8 Å². The lowest BCUT2D eigenvalue weighted by molar-refractivity contribution is 0.230. The van der Waals surface area contributed by atoms with Crippen LogP contribution >= 0.6 is 9.24 Å². The van der Waals surface area contributed by atoms with Gasteiger partial charge < -0.3 is 15.4 Å². The molecular formula is C16H25BNO3P. The second-order valence-corrected chi connectivity index (χ2v) is 7.12. The summed E-state index contributed by atoms with van der Waals surface area (Å²) in [7, 11) is 0.782. The van der Waals surface area contributed by atoms with Gasteiger partial charge in [0.05, 0.1) is 0 Å². The Morgan fingerprint density at radius 1 is 1.27 bits per heavy atom. The lowest BCUT2D eigenvalue weighted by Gasteiger charge is -2.36. The maximum atomic E-state index is 11.5. The van der Waals surface area contributed by atoms with E-state index < -0.39 is 7.12 Å². The van der Waals surface area contributed by atoms with Crippen LogP contribution in [-0.4, -0.2) is 28.4 Å². The Labute approximate surface area is 135 Å². The summed E-state index contributed by atoms with van der Waals surface area (Å²) in [5, 5.41) is 21.5. The van der Waals surface area contributed by atoms with Crippen molar-refractivity contribution in [2.45, 2.75) is 56.9 Å². The average Bonchev–Trinajstić information content (AvgIpc) is 2.42. The topological polar surface area (TPSA) is 69.6 Å². The summed E-state index contributed by atoms with van der Waals surface area (Å²) >= 11 is 0. The molecule has 0 spiro atoms.